The van der Waals surface area contributed by atoms with E-state index in [2.05, 4.69) is 9.97 Å². The van der Waals surface area contributed by atoms with Crippen LogP contribution in [0.15, 0.2) is 23.0 Å². The maximum atomic E-state index is 11.1. The van der Waals surface area contributed by atoms with Crippen molar-refractivity contribution in [3.63, 3.8) is 0 Å². The molecule has 0 aliphatic carbocycles. The van der Waals surface area contributed by atoms with Gasteiger partial charge in [0.25, 0.3) is 0 Å². The van der Waals surface area contributed by atoms with Crippen molar-refractivity contribution in [2.45, 2.75) is 0 Å². The molecule has 0 atom stereocenters. The molecule has 0 unspecified atom stereocenters. The molecule has 80 valence electrons. The molecular formula is C10H14N4O. The fraction of sp³-hybridized carbons (Fsp3) is 0.300. The summed E-state index contributed by atoms with van der Waals surface area (Å²) in [6, 6.07) is 5.78. The minimum Gasteiger partial charge on any atom is -0.373 e. The van der Waals surface area contributed by atoms with E-state index in [4.69, 9.17) is 5.73 Å². The third kappa shape index (κ3) is 1.87. The number of hydrogen-bond donors (Lipinski definition) is 3. The van der Waals surface area contributed by atoms with E-state index in [1.54, 1.807) is 0 Å². The Hall–Kier alpha value is -1.75. The molecule has 1 heterocycles. The predicted molar refractivity (Wildman–Crippen MR) is 61.2 cm³/mol. The molecule has 0 bridgehead atoms. The average Bonchev–Trinajstić information content (AvgIpc) is 2.57. The summed E-state index contributed by atoms with van der Waals surface area (Å²) in [5.41, 5.74) is 7.99. The van der Waals surface area contributed by atoms with E-state index in [9.17, 15) is 4.79 Å². The maximum Gasteiger partial charge on any atom is 0.323 e. The van der Waals surface area contributed by atoms with Crippen molar-refractivity contribution in [2.75, 3.05) is 25.0 Å². The third-order valence-corrected chi connectivity index (χ3v) is 2.40. The molecule has 0 aliphatic heterocycles. The zero-order chi connectivity index (χ0) is 10.8. The van der Waals surface area contributed by atoms with Gasteiger partial charge in [0.15, 0.2) is 0 Å². The van der Waals surface area contributed by atoms with Crippen LogP contribution in [-0.2, 0) is 0 Å². The lowest BCUT2D eigenvalue weighted by atomic mass is 10.2. The molecule has 2 aromatic rings. The van der Waals surface area contributed by atoms with Gasteiger partial charge in [0.2, 0.25) is 0 Å². The molecule has 0 amide bonds. The summed E-state index contributed by atoms with van der Waals surface area (Å²) >= 11 is 0. The zero-order valence-corrected chi connectivity index (χ0v) is 8.58. The summed E-state index contributed by atoms with van der Waals surface area (Å²) in [5, 5.41) is 0. The number of imidazole rings is 1. The Balaban J connectivity index is 2.41. The van der Waals surface area contributed by atoms with Crippen LogP contribution in [0.3, 0.4) is 0 Å². The molecular weight excluding hydrogens is 192 g/mol. The van der Waals surface area contributed by atoms with Crippen molar-refractivity contribution in [1.82, 2.24) is 9.97 Å². The van der Waals surface area contributed by atoms with Crippen molar-refractivity contribution in [3.8, 4) is 0 Å². The van der Waals surface area contributed by atoms with Crippen LogP contribution in [0.25, 0.3) is 11.0 Å². The van der Waals surface area contributed by atoms with Crippen molar-refractivity contribution in [2.24, 2.45) is 5.73 Å². The standard InChI is InChI=1S/C10H14N4O/c1-14(5-4-11)7-2-3-8-9(6-7)13-10(15)12-8/h2-3,6H,4-5,11H2,1H3,(H2,12,13,15). The first-order chi connectivity index (χ1) is 7.20. The third-order valence-electron chi connectivity index (χ3n) is 2.40. The Morgan fingerprint density at radius 2 is 2.07 bits per heavy atom. The summed E-state index contributed by atoms with van der Waals surface area (Å²) < 4.78 is 0. The summed E-state index contributed by atoms with van der Waals surface area (Å²) in [7, 11) is 1.97. The van der Waals surface area contributed by atoms with Crippen LogP contribution in [0.4, 0.5) is 5.69 Å². The second-order valence-electron chi connectivity index (χ2n) is 3.52. The van der Waals surface area contributed by atoms with Gasteiger partial charge >= 0.3 is 5.69 Å². The van der Waals surface area contributed by atoms with Crippen LogP contribution >= 0.6 is 0 Å². The molecule has 0 radical (unpaired) electrons. The van der Waals surface area contributed by atoms with Crippen molar-refractivity contribution < 1.29 is 0 Å². The number of H-pyrrole nitrogens is 2. The Morgan fingerprint density at radius 3 is 2.80 bits per heavy atom. The lowest BCUT2D eigenvalue weighted by molar-refractivity contribution is 0.886. The first-order valence-corrected chi connectivity index (χ1v) is 4.84. The minimum absolute atomic E-state index is 0.177. The quantitative estimate of drug-likeness (QED) is 0.673. The number of aromatic nitrogens is 2. The molecule has 0 saturated heterocycles. The molecule has 5 heteroatoms. The highest BCUT2D eigenvalue weighted by atomic mass is 16.1. The number of nitrogens with zero attached hydrogens (tertiary/aromatic N) is 1. The van der Waals surface area contributed by atoms with Crippen LogP contribution in [0.1, 0.15) is 0 Å². The van der Waals surface area contributed by atoms with E-state index in [-0.39, 0.29) is 5.69 Å². The normalized spacial score (nSPS) is 10.8. The average molecular weight is 206 g/mol. The Labute approximate surface area is 86.9 Å². The number of aromatic amines is 2. The van der Waals surface area contributed by atoms with Gasteiger partial charge in [-0.2, -0.15) is 0 Å². The molecule has 5 nitrogen and oxygen atoms in total. The highest BCUT2D eigenvalue weighted by molar-refractivity contribution is 5.78. The van der Waals surface area contributed by atoms with Crippen LogP contribution in [0.2, 0.25) is 0 Å². The largest absolute Gasteiger partial charge is 0.373 e. The van der Waals surface area contributed by atoms with Gasteiger partial charge in [0, 0.05) is 25.8 Å². The summed E-state index contributed by atoms with van der Waals surface area (Å²) in [5.74, 6) is 0. The molecule has 1 aromatic heterocycles. The number of benzene rings is 1. The fourth-order valence-electron chi connectivity index (χ4n) is 1.58. The number of nitrogens with one attached hydrogen (secondary N) is 2. The van der Waals surface area contributed by atoms with E-state index in [0.29, 0.717) is 6.54 Å². The van der Waals surface area contributed by atoms with E-state index in [1.165, 1.54) is 0 Å². The molecule has 0 fully saturated rings. The summed E-state index contributed by atoms with van der Waals surface area (Å²) in [6.45, 7) is 1.40. The molecule has 15 heavy (non-hydrogen) atoms. The van der Waals surface area contributed by atoms with Gasteiger partial charge in [0.1, 0.15) is 0 Å². The topological polar surface area (TPSA) is 77.9 Å². The molecule has 0 spiro atoms. The highest BCUT2D eigenvalue weighted by Gasteiger charge is 2.02. The van der Waals surface area contributed by atoms with Crippen LogP contribution in [0, 0.1) is 0 Å². The number of likely N-dealkylation sites (N-methyl/N-ethyl adjacent to an activating group) is 1. The number of nitrogens with two attached hydrogens (primary N) is 1. The summed E-state index contributed by atoms with van der Waals surface area (Å²) in [6.07, 6.45) is 0. The fourth-order valence-corrected chi connectivity index (χ4v) is 1.58. The number of anilines is 1. The lowest BCUT2D eigenvalue weighted by Gasteiger charge is -2.17. The number of rotatable bonds is 3. The van der Waals surface area contributed by atoms with Crippen molar-refractivity contribution >= 4 is 16.7 Å². The predicted octanol–water partition coefficient (Wildman–Crippen LogP) is 0.251. The van der Waals surface area contributed by atoms with E-state index in [0.717, 1.165) is 23.3 Å². The second-order valence-corrected chi connectivity index (χ2v) is 3.52. The highest BCUT2D eigenvalue weighted by Crippen LogP contribution is 2.17. The number of hydrogen-bond acceptors (Lipinski definition) is 3. The van der Waals surface area contributed by atoms with E-state index in [1.807, 2.05) is 30.1 Å². The van der Waals surface area contributed by atoms with E-state index >= 15 is 0 Å². The molecule has 0 aliphatic rings. The van der Waals surface area contributed by atoms with Gasteiger partial charge in [-0.25, -0.2) is 4.79 Å². The Kier molecular flexibility index (Phi) is 2.47. The van der Waals surface area contributed by atoms with E-state index < -0.39 is 0 Å². The first-order valence-electron chi connectivity index (χ1n) is 4.84. The van der Waals surface area contributed by atoms with Crippen LogP contribution in [0.5, 0.6) is 0 Å². The summed E-state index contributed by atoms with van der Waals surface area (Å²) in [4.78, 5) is 18.5. The Bertz CT molecular complexity index is 513. The molecule has 0 saturated carbocycles. The van der Waals surface area contributed by atoms with Crippen LogP contribution < -0.4 is 16.3 Å². The molecule has 1 aromatic carbocycles. The SMILES string of the molecule is CN(CCN)c1ccc2[nH]c(=O)[nH]c2c1. The van der Waals surface area contributed by atoms with Gasteiger partial charge in [-0.15, -0.1) is 0 Å². The molecule has 2 rings (SSSR count). The molecule has 4 N–H and O–H groups in total. The second kappa shape index (κ2) is 3.78. The zero-order valence-electron chi connectivity index (χ0n) is 8.58. The monoisotopic (exact) mass is 206 g/mol. The Morgan fingerprint density at radius 1 is 1.33 bits per heavy atom. The van der Waals surface area contributed by atoms with Gasteiger partial charge in [0.05, 0.1) is 11.0 Å². The van der Waals surface area contributed by atoms with Crippen LogP contribution in [-0.4, -0.2) is 30.1 Å². The number of fused-ring (bicyclic) bond motifs is 1. The van der Waals surface area contributed by atoms with Gasteiger partial charge in [-0.05, 0) is 18.2 Å². The smallest absolute Gasteiger partial charge is 0.323 e. The van der Waals surface area contributed by atoms with Gasteiger partial charge in [-0.1, -0.05) is 0 Å². The lowest BCUT2D eigenvalue weighted by Crippen LogP contribution is -2.24. The first kappa shape index (κ1) is 9.79. The van der Waals surface area contributed by atoms with Crippen molar-refractivity contribution in [1.29, 1.82) is 0 Å². The minimum atomic E-state index is -0.177. The van der Waals surface area contributed by atoms with Gasteiger partial charge < -0.3 is 20.6 Å². The maximum absolute atomic E-state index is 11.1. The van der Waals surface area contributed by atoms with Gasteiger partial charge in [-0.3, -0.25) is 0 Å². The van der Waals surface area contributed by atoms with Crippen molar-refractivity contribution in [3.05, 3.63) is 28.7 Å².